The number of nitrogens with one attached hydrogen (secondary N) is 2. The van der Waals surface area contributed by atoms with Gasteiger partial charge in [0.05, 0.1) is 27.7 Å². The summed E-state index contributed by atoms with van der Waals surface area (Å²) in [5, 5.41) is 9.29. The second-order valence-electron chi connectivity index (χ2n) is 5.64. The topological polar surface area (TPSA) is 104 Å². The number of rotatable bonds is 6. The molecule has 8 nitrogen and oxygen atoms in total. The van der Waals surface area contributed by atoms with Crippen LogP contribution in [0.15, 0.2) is 10.7 Å². The largest absolute Gasteiger partial charge is 0.462 e. The minimum Gasteiger partial charge on any atom is -0.462 e. The summed E-state index contributed by atoms with van der Waals surface area (Å²) in [7, 11) is 3.24. The molecule has 0 bridgehead atoms. The van der Waals surface area contributed by atoms with Gasteiger partial charge in [-0.3, -0.25) is 14.7 Å². The van der Waals surface area contributed by atoms with Crippen molar-refractivity contribution in [3.8, 4) is 0 Å². The Hall–Kier alpha value is -2.20. The number of hydrogen-bond acceptors (Lipinski definition) is 6. The highest BCUT2D eigenvalue weighted by atomic mass is 79.9. The van der Waals surface area contributed by atoms with Crippen molar-refractivity contribution in [2.24, 2.45) is 0 Å². The molecule has 0 aliphatic heterocycles. The molecule has 0 aromatic carbocycles. The van der Waals surface area contributed by atoms with E-state index in [1.165, 1.54) is 11.1 Å². The lowest BCUT2D eigenvalue weighted by molar-refractivity contribution is 0.0506. The summed E-state index contributed by atoms with van der Waals surface area (Å²) < 4.78 is 5.70. The molecular formula is C16H19BrN4O4S. The van der Waals surface area contributed by atoms with Crippen LogP contribution in [-0.2, 0) is 4.74 Å². The number of carbonyl (C=O) groups is 3. The molecule has 0 saturated carbocycles. The fourth-order valence-electron chi connectivity index (χ4n) is 2.12. The van der Waals surface area contributed by atoms with Crippen molar-refractivity contribution >= 4 is 50.1 Å². The first kappa shape index (κ1) is 20.1. The zero-order valence-corrected chi connectivity index (χ0v) is 17.2. The summed E-state index contributed by atoms with van der Waals surface area (Å²) in [4.78, 5) is 39.1. The quantitative estimate of drug-likeness (QED) is 0.668. The number of hydrogen-bond donors (Lipinski definition) is 2. The van der Waals surface area contributed by atoms with Gasteiger partial charge in [0.15, 0.2) is 0 Å². The number of amides is 2. The number of thiophene rings is 1. The standard InChI is InChI=1S/C16H19BrN4O4S/c1-5-6-25-16(24)10-8(2)12(15(23)21(3)4)26-14(10)19-13(22)11-9(17)7-18-20-11/h7H,5-6H2,1-4H3,(H,18,20)(H,19,22). The van der Waals surface area contributed by atoms with Gasteiger partial charge in [-0.15, -0.1) is 11.3 Å². The number of H-pyrrole nitrogens is 1. The molecule has 0 aliphatic carbocycles. The molecule has 2 aromatic rings. The van der Waals surface area contributed by atoms with E-state index in [4.69, 9.17) is 4.74 Å². The van der Waals surface area contributed by atoms with Crippen LogP contribution in [0.5, 0.6) is 0 Å². The zero-order valence-electron chi connectivity index (χ0n) is 14.8. The van der Waals surface area contributed by atoms with Crippen molar-refractivity contribution in [3.05, 3.63) is 32.4 Å². The second kappa shape index (κ2) is 8.45. The van der Waals surface area contributed by atoms with E-state index in [0.717, 1.165) is 11.3 Å². The number of halogens is 1. The Morgan fingerprint density at radius 3 is 2.62 bits per heavy atom. The molecule has 0 spiro atoms. The first-order chi connectivity index (χ1) is 12.3. The van der Waals surface area contributed by atoms with Crippen LogP contribution in [0.1, 0.15) is 49.4 Å². The Kier molecular flexibility index (Phi) is 6.54. The second-order valence-corrected chi connectivity index (χ2v) is 7.52. The van der Waals surface area contributed by atoms with E-state index in [-0.39, 0.29) is 28.8 Å². The first-order valence-electron chi connectivity index (χ1n) is 7.80. The van der Waals surface area contributed by atoms with Crippen LogP contribution in [0.25, 0.3) is 0 Å². The van der Waals surface area contributed by atoms with Gasteiger partial charge in [0.1, 0.15) is 10.7 Å². The highest BCUT2D eigenvalue weighted by Gasteiger charge is 2.28. The van der Waals surface area contributed by atoms with E-state index < -0.39 is 11.9 Å². The Bertz CT molecular complexity index is 843. The molecule has 0 fully saturated rings. The van der Waals surface area contributed by atoms with Crippen LogP contribution >= 0.6 is 27.3 Å². The molecule has 140 valence electrons. The summed E-state index contributed by atoms with van der Waals surface area (Å²) in [6.45, 7) is 3.80. The summed E-state index contributed by atoms with van der Waals surface area (Å²) in [5.41, 5.74) is 0.885. The Morgan fingerprint density at radius 2 is 2.08 bits per heavy atom. The Morgan fingerprint density at radius 1 is 1.38 bits per heavy atom. The van der Waals surface area contributed by atoms with Crippen LogP contribution < -0.4 is 5.32 Å². The molecule has 0 radical (unpaired) electrons. The Balaban J connectivity index is 2.43. The van der Waals surface area contributed by atoms with Crippen LogP contribution in [-0.4, -0.2) is 53.6 Å². The van der Waals surface area contributed by atoms with E-state index in [2.05, 4.69) is 31.4 Å². The molecule has 0 aliphatic rings. The number of nitrogens with zero attached hydrogens (tertiary/aromatic N) is 2. The van der Waals surface area contributed by atoms with Gasteiger partial charge >= 0.3 is 5.97 Å². The van der Waals surface area contributed by atoms with Gasteiger partial charge in [-0.05, 0) is 34.8 Å². The summed E-state index contributed by atoms with van der Waals surface area (Å²) in [6, 6.07) is 0. The normalized spacial score (nSPS) is 10.5. The molecule has 2 heterocycles. The van der Waals surface area contributed by atoms with Crippen molar-refractivity contribution in [1.29, 1.82) is 0 Å². The molecule has 0 atom stereocenters. The molecule has 0 saturated heterocycles. The van der Waals surface area contributed by atoms with Crippen LogP contribution in [0, 0.1) is 6.92 Å². The molecule has 2 amide bonds. The first-order valence-corrected chi connectivity index (χ1v) is 9.41. The number of ether oxygens (including phenoxy) is 1. The van der Waals surface area contributed by atoms with Gasteiger partial charge in [-0.2, -0.15) is 5.10 Å². The third kappa shape index (κ3) is 4.13. The fraction of sp³-hybridized carbons (Fsp3) is 0.375. The predicted octanol–water partition coefficient (Wildman–Crippen LogP) is 3.06. The lowest BCUT2D eigenvalue weighted by Crippen LogP contribution is -2.21. The summed E-state index contributed by atoms with van der Waals surface area (Å²) in [6.07, 6.45) is 2.12. The number of aromatic amines is 1. The number of esters is 1. The van der Waals surface area contributed by atoms with Crippen molar-refractivity contribution in [1.82, 2.24) is 15.1 Å². The minimum atomic E-state index is -0.572. The van der Waals surface area contributed by atoms with Gasteiger partial charge in [-0.1, -0.05) is 6.92 Å². The fourth-order valence-corrected chi connectivity index (χ4v) is 3.70. The third-order valence-electron chi connectivity index (χ3n) is 3.44. The van der Waals surface area contributed by atoms with Crippen molar-refractivity contribution < 1.29 is 19.1 Å². The maximum atomic E-state index is 12.5. The molecule has 2 rings (SSSR count). The molecule has 2 aromatic heterocycles. The van der Waals surface area contributed by atoms with Gasteiger partial charge < -0.3 is 15.0 Å². The van der Waals surface area contributed by atoms with Crippen LogP contribution in [0.3, 0.4) is 0 Å². The summed E-state index contributed by atoms with van der Waals surface area (Å²) >= 11 is 4.26. The van der Waals surface area contributed by atoms with Crippen LogP contribution in [0.4, 0.5) is 5.00 Å². The van der Waals surface area contributed by atoms with Crippen molar-refractivity contribution in [2.45, 2.75) is 20.3 Å². The SMILES string of the molecule is CCCOC(=O)c1c(NC(=O)c2[nH]ncc2Br)sc(C(=O)N(C)C)c1C. The monoisotopic (exact) mass is 442 g/mol. The van der Waals surface area contributed by atoms with Gasteiger partial charge in [0.2, 0.25) is 0 Å². The predicted molar refractivity (Wildman–Crippen MR) is 102 cm³/mol. The van der Waals surface area contributed by atoms with Gasteiger partial charge in [0, 0.05) is 14.1 Å². The highest BCUT2D eigenvalue weighted by Crippen LogP contribution is 2.35. The minimum absolute atomic E-state index is 0.192. The number of aromatic nitrogens is 2. The number of anilines is 1. The maximum Gasteiger partial charge on any atom is 0.341 e. The maximum absolute atomic E-state index is 12.5. The van der Waals surface area contributed by atoms with E-state index in [1.54, 1.807) is 21.0 Å². The van der Waals surface area contributed by atoms with Crippen molar-refractivity contribution in [3.63, 3.8) is 0 Å². The van der Waals surface area contributed by atoms with Gasteiger partial charge in [0.25, 0.3) is 11.8 Å². The molecule has 26 heavy (non-hydrogen) atoms. The lowest BCUT2D eigenvalue weighted by Gasteiger charge is -2.09. The summed E-state index contributed by atoms with van der Waals surface area (Å²) in [5.74, 6) is -1.30. The van der Waals surface area contributed by atoms with E-state index in [9.17, 15) is 14.4 Å². The molecule has 10 heteroatoms. The van der Waals surface area contributed by atoms with Crippen LogP contribution in [0.2, 0.25) is 0 Å². The van der Waals surface area contributed by atoms with E-state index >= 15 is 0 Å². The van der Waals surface area contributed by atoms with Crippen molar-refractivity contribution in [2.75, 3.05) is 26.0 Å². The Labute approximate surface area is 163 Å². The zero-order chi connectivity index (χ0) is 19.4. The smallest absolute Gasteiger partial charge is 0.341 e. The average Bonchev–Trinajstić information content (AvgIpc) is 3.15. The third-order valence-corrected chi connectivity index (χ3v) is 5.23. The lowest BCUT2D eigenvalue weighted by atomic mass is 10.1. The van der Waals surface area contributed by atoms with Gasteiger partial charge in [-0.25, -0.2) is 4.79 Å². The molecular weight excluding hydrogens is 424 g/mol. The molecule has 2 N–H and O–H groups in total. The number of carbonyl (C=O) groups excluding carboxylic acids is 3. The average molecular weight is 443 g/mol. The van der Waals surface area contributed by atoms with E-state index in [0.29, 0.717) is 21.3 Å². The molecule has 0 unspecified atom stereocenters. The highest BCUT2D eigenvalue weighted by molar-refractivity contribution is 9.10. The van der Waals surface area contributed by atoms with E-state index in [1.807, 2.05) is 6.92 Å².